The van der Waals surface area contributed by atoms with Crippen LogP contribution >= 0.6 is 12.2 Å². The van der Waals surface area contributed by atoms with Crippen LogP contribution in [0.4, 0.5) is 0 Å². The number of benzene rings is 1. The molecule has 2 unspecified atom stereocenters. The fourth-order valence-corrected chi connectivity index (χ4v) is 3.33. The van der Waals surface area contributed by atoms with Gasteiger partial charge in [0.15, 0.2) is 10.9 Å². The van der Waals surface area contributed by atoms with Crippen molar-refractivity contribution in [2.24, 2.45) is 5.92 Å². The van der Waals surface area contributed by atoms with Gasteiger partial charge in [-0.3, -0.25) is 4.79 Å². The molecule has 20 heavy (non-hydrogen) atoms. The molecular weight excluding hydrogens is 268 g/mol. The molecule has 1 aromatic rings. The molecule has 1 heterocycles. The van der Waals surface area contributed by atoms with Gasteiger partial charge < -0.3 is 10.6 Å². The van der Waals surface area contributed by atoms with Crippen molar-refractivity contribution in [1.82, 2.24) is 10.6 Å². The molecule has 0 saturated carbocycles. The quantitative estimate of drug-likeness (QED) is 0.820. The van der Waals surface area contributed by atoms with Crippen molar-refractivity contribution in [2.75, 3.05) is 6.54 Å². The number of hydrogen-bond acceptors (Lipinski definition) is 2. The van der Waals surface area contributed by atoms with E-state index < -0.39 is 0 Å². The van der Waals surface area contributed by atoms with Gasteiger partial charge in [0.1, 0.15) is 0 Å². The summed E-state index contributed by atoms with van der Waals surface area (Å²) in [4.78, 5) is 12.6. The van der Waals surface area contributed by atoms with Crippen molar-refractivity contribution < 1.29 is 4.79 Å². The predicted molar refractivity (Wildman–Crippen MR) is 83.7 cm³/mol. The highest BCUT2D eigenvalue weighted by molar-refractivity contribution is 7.80. The number of Topliss-reactive ketones (excluding diaryl/α,β-unsaturated/α-hetero) is 1. The van der Waals surface area contributed by atoms with Crippen molar-refractivity contribution >= 4 is 23.1 Å². The number of carbonyl (C=O) groups excluding carboxylic acids is 1. The highest BCUT2D eigenvalue weighted by atomic mass is 32.1. The fourth-order valence-electron chi connectivity index (χ4n) is 3.12. The third kappa shape index (κ3) is 2.48. The van der Waals surface area contributed by atoms with E-state index in [2.05, 4.69) is 29.7 Å². The lowest BCUT2D eigenvalue weighted by molar-refractivity contribution is 0.0892. The lowest BCUT2D eigenvalue weighted by Crippen LogP contribution is -2.40. The van der Waals surface area contributed by atoms with Crippen LogP contribution in [0.25, 0.3) is 0 Å². The molecule has 2 atom stereocenters. The maximum Gasteiger partial charge on any atom is 0.170 e. The maximum atomic E-state index is 12.6. The molecule has 0 spiro atoms. The zero-order chi connectivity index (χ0) is 14.1. The molecule has 0 saturated heterocycles. The Bertz CT molecular complexity index is 594. The van der Waals surface area contributed by atoms with Crippen molar-refractivity contribution in [3.05, 3.63) is 47.2 Å². The summed E-state index contributed by atoms with van der Waals surface area (Å²) in [5.41, 5.74) is 3.16. The van der Waals surface area contributed by atoms with Crippen LogP contribution in [0, 0.1) is 5.92 Å². The number of carbonyl (C=O) groups is 1. The fraction of sp³-hybridized carbons (Fsp3) is 0.375. The molecule has 0 aromatic heterocycles. The molecule has 2 N–H and O–H groups in total. The first kappa shape index (κ1) is 13.3. The Balaban J connectivity index is 1.81. The summed E-state index contributed by atoms with van der Waals surface area (Å²) in [7, 11) is 0. The van der Waals surface area contributed by atoms with Gasteiger partial charge in [-0.1, -0.05) is 31.2 Å². The van der Waals surface area contributed by atoms with Gasteiger partial charge in [-0.2, -0.15) is 0 Å². The Labute approximate surface area is 124 Å². The molecule has 4 heteroatoms. The molecule has 3 nitrogen and oxygen atoms in total. The Kier molecular flexibility index (Phi) is 3.57. The second-order valence-electron chi connectivity index (χ2n) is 5.55. The number of allylic oxidation sites excluding steroid dienone is 1. The van der Waals surface area contributed by atoms with Crippen molar-refractivity contribution in [3.8, 4) is 0 Å². The number of rotatable bonds is 2. The van der Waals surface area contributed by atoms with Crippen LogP contribution in [-0.4, -0.2) is 17.4 Å². The van der Waals surface area contributed by atoms with Crippen LogP contribution in [-0.2, 0) is 0 Å². The zero-order valence-corrected chi connectivity index (χ0v) is 12.3. The van der Waals surface area contributed by atoms with E-state index in [1.54, 1.807) is 0 Å². The van der Waals surface area contributed by atoms with Gasteiger partial charge in [0.05, 0.1) is 0 Å². The van der Waals surface area contributed by atoms with Gasteiger partial charge >= 0.3 is 0 Å². The van der Waals surface area contributed by atoms with Gasteiger partial charge in [0, 0.05) is 23.7 Å². The zero-order valence-electron chi connectivity index (χ0n) is 11.5. The van der Waals surface area contributed by atoms with E-state index in [1.807, 2.05) is 18.2 Å². The Morgan fingerprint density at radius 3 is 2.95 bits per heavy atom. The van der Waals surface area contributed by atoms with E-state index in [-0.39, 0.29) is 11.7 Å². The van der Waals surface area contributed by atoms with Crippen LogP contribution in [0.2, 0.25) is 0 Å². The Morgan fingerprint density at radius 1 is 1.35 bits per heavy atom. The van der Waals surface area contributed by atoms with Crippen LogP contribution in [0.5, 0.6) is 0 Å². The number of hydrogen-bond donors (Lipinski definition) is 2. The highest BCUT2D eigenvalue weighted by Gasteiger charge is 2.31. The van der Waals surface area contributed by atoms with E-state index in [4.69, 9.17) is 12.2 Å². The molecule has 3 rings (SSSR count). The topological polar surface area (TPSA) is 41.1 Å². The largest absolute Gasteiger partial charge is 0.359 e. The number of nitrogens with one attached hydrogen (secondary N) is 2. The second kappa shape index (κ2) is 5.37. The molecule has 0 fully saturated rings. The van der Waals surface area contributed by atoms with Crippen LogP contribution in [0.1, 0.15) is 41.6 Å². The van der Waals surface area contributed by atoms with Gasteiger partial charge in [0.2, 0.25) is 0 Å². The average molecular weight is 286 g/mol. The molecule has 0 radical (unpaired) electrons. The normalized spacial score (nSPS) is 25.4. The van der Waals surface area contributed by atoms with E-state index in [9.17, 15) is 4.79 Å². The summed E-state index contributed by atoms with van der Waals surface area (Å²) >= 11 is 5.12. The summed E-state index contributed by atoms with van der Waals surface area (Å²) in [6, 6.07) is 7.99. The molecule has 1 aliphatic carbocycles. The summed E-state index contributed by atoms with van der Waals surface area (Å²) in [6.45, 7) is 2.95. The van der Waals surface area contributed by atoms with Crippen molar-refractivity contribution in [2.45, 2.75) is 25.7 Å². The molecule has 1 aromatic carbocycles. The first-order valence-corrected chi connectivity index (χ1v) is 7.43. The highest BCUT2D eigenvalue weighted by Crippen LogP contribution is 2.36. The standard InChI is InChI=1S/C16H18N2OS/c1-10-8-11(9-12-6-7-17-16(20)18-12)15(19)14-5-3-2-4-13(10)14/h2-6,10-11H,7-9H2,1H3,(H2,17,18,20). The van der Waals surface area contributed by atoms with E-state index in [1.165, 1.54) is 5.56 Å². The Morgan fingerprint density at radius 2 is 2.15 bits per heavy atom. The van der Waals surface area contributed by atoms with Gasteiger partial charge in [0.25, 0.3) is 0 Å². The number of ketones is 1. The first-order valence-electron chi connectivity index (χ1n) is 7.02. The minimum Gasteiger partial charge on any atom is -0.359 e. The lowest BCUT2D eigenvalue weighted by atomic mass is 9.75. The molecule has 0 amide bonds. The first-order chi connectivity index (χ1) is 9.65. The third-order valence-electron chi connectivity index (χ3n) is 4.12. The van der Waals surface area contributed by atoms with Gasteiger partial charge in [-0.25, -0.2) is 0 Å². The summed E-state index contributed by atoms with van der Waals surface area (Å²) < 4.78 is 0. The summed E-state index contributed by atoms with van der Waals surface area (Å²) in [5.74, 6) is 0.758. The van der Waals surface area contributed by atoms with Gasteiger partial charge in [-0.15, -0.1) is 0 Å². The van der Waals surface area contributed by atoms with E-state index >= 15 is 0 Å². The number of thiocarbonyl (C=S) groups is 1. The minimum atomic E-state index is 0.0551. The maximum absolute atomic E-state index is 12.6. The van der Waals surface area contributed by atoms with E-state index in [0.717, 1.165) is 30.6 Å². The smallest absolute Gasteiger partial charge is 0.170 e. The van der Waals surface area contributed by atoms with Crippen molar-refractivity contribution in [3.63, 3.8) is 0 Å². The average Bonchev–Trinajstić information content (AvgIpc) is 2.45. The third-order valence-corrected chi connectivity index (χ3v) is 4.36. The van der Waals surface area contributed by atoms with Crippen LogP contribution in [0.15, 0.2) is 36.0 Å². The van der Waals surface area contributed by atoms with Crippen molar-refractivity contribution in [1.29, 1.82) is 0 Å². The Hall–Kier alpha value is -1.68. The monoisotopic (exact) mass is 286 g/mol. The lowest BCUT2D eigenvalue weighted by Gasteiger charge is -2.30. The predicted octanol–water partition coefficient (Wildman–Crippen LogP) is 2.74. The summed E-state index contributed by atoms with van der Waals surface area (Å²) in [6.07, 6.45) is 3.74. The van der Waals surface area contributed by atoms with E-state index in [0.29, 0.717) is 11.0 Å². The second-order valence-corrected chi connectivity index (χ2v) is 5.96. The molecule has 104 valence electrons. The van der Waals surface area contributed by atoms with Crippen LogP contribution < -0.4 is 10.6 Å². The molecular formula is C16H18N2OS. The number of fused-ring (bicyclic) bond motifs is 1. The summed E-state index contributed by atoms with van der Waals surface area (Å²) in [5, 5.41) is 6.85. The molecule has 2 aliphatic rings. The van der Waals surface area contributed by atoms with Gasteiger partial charge in [-0.05, 0) is 42.6 Å². The SMILES string of the molecule is CC1CC(CC2=CCNC(=S)N2)C(=O)c2ccccc21. The molecule has 1 aliphatic heterocycles. The minimum absolute atomic E-state index is 0.0551. The van der Waals surface area contributed by atoms with Crippen LogP contribution in [0.3, 0.4) is 0 Å². The molecule has 0 bridgehead atoms.